The van der Waals surface area contributed by atoms with E-state index < -0.39 is 0 Å². The lowest BCUT2D eigenvalue weighted by Gasteiger charge is -2.08. The highest BCUT2D eigenvalue weighted by Gasteiger charge is 2.12. The van der Waals surface area contributed by atoms with Gasteiger partial charge >= 0.3 is 0 Å². The number of rotatable bonds is 2. The molecule has 0 unspecified atom stereocenters. The van der Waals surface area contributed by atoms with Crippen molar-refractivity contribution in [2.75, 3.05) is 5.32 Å². The van der Waals surface area contributed by atoms with Crippen molar-refractivity contribution < 1.29 is 4.79 Å². The first-order chi connectivity index (χ1) is 12.2. The molecule has 0 saturated heterocycles. The first-order valence-corrected chi connectivity index (χ1v) is 9.42. The maximum absolute atomic E-state index is 12.6. The lowest BCUT2D eigenvalue weighted by atomic mass is 9.97. The number of hydrogen-bond donors (Lipinski definition) is 1. The van der Waals surface area contributed by atoms with Gasteiger partial charge in [-0.2, -0.15) is 0 Å². The van der Waals surface area contributed by atoms with Crippen molar-refractivity contribution in [2.24, 2.45) is 5.41 Å². The fourth-order valence-corrected chi connectivity index (χ4v) is 3.43. The Balaban J connectivity index is 1.81. The van der Waals surface area contributed by atoms with Gasteiger partial charge in [-0.05, 0) is 64.1 Å². The molecule has 0 aliphatic carbocycles. The van der Waals surface area contributed by atoms with Gasteiger partial charge in [-0.3, -0.25) is 4.79 Å². The molecule has 1 amide bonds. The van der Waals surface area contributed by atoms with E-state index in [-0.39, 0.29) is 11.3 Å². The topological polar surface area (TPSA) is 42.0 Å². The number of aryl methyl sites for hydroxylation is 1. The minimum absolute atomic E-state index is 0.0881. The van der Waals surface area contributed by atoms with Crippen LogP contribution in [0, 0.1) is 24.2 Å². The molecule has 26 heavy (non-hydrogen) atoms. The smallest absolute Gasteiger partial charge is 0.257 e. The molecule has 1 N–H and O–H groups in total. The summed E-state index contributed by atoms with van der Waals surface area (Å²) in [5, 5.41) is 4.26. The molecule has 5 heteroatoms. The summed E-state index contributed by atoms with van der Waals surface area (Å²) in [6.45, 7) is 8.10. The van der Waals surface area contributed by atoms with Crippen LogP contribution in [0.3, 0.4) is 0 Å². The molecular formula is C21H19ClN2OS. The monoisotopic (exact) mass is 382 g/mol. The molecule has 0 fully saturated rings. The van der Waals surface area contributed by atoms with Gasteiger partial charge in [0.2, 0.25) is 0 Å². The summed E-state index contributed by atoms with van der Waals surface area (Å²) < 4.78 is 1.10. The normalized spacial score (nSPS) is 11.1. The van der Waals surface area contributed by atoms with Gasteiger partial charge < -0.3 is 5.32 Å². The highest BCUT2D eigenvalue weighted by molar-refractivity contribution is 7.18. The van der Waals surface area contributed by atoms with Gasteiger partial charge in [0.25, 0.3) is 5.91 Å². The summed E-state index contributed by atoms with van der Waals surface area (Å²) in [4.78, 5) is 17.0. The van der Waals surface area contributed by atoms with Gasteiger partial charge in [0.15, 0.2) is 0 Å². The summed E-state index contributed by atoms with van der Waals surface area (Å²) in [6, 6.07) is 10.9. The van der Waals surface area contributed by atoms with Crippen LogP contribution >= 0.6 is 22.9 Å². The van der Waals surface area contributed by atoms with E-state index in [1.807, 2.05) is 52.0 Å². The lowest BCUT2D eigenvalue weighted by molar-refractivity contribution is 0.102. The van der Waals surface area contributed by atoms with Crippen molar-refractivity contribution in [1.82, 2.24) is 4.98 Å². The van der Waals surface area contributed by atoms with E-state index in [2.05, 4.69) is 22.1 Å². The highest BCUT2D eigenvalue weighted by atomic mass is 35.5. The fraction of sp³-hybridized carbons (Fsp3) is 0.238. The number of hydrogen-bond acceptors (Lipinski definition) is 3. The summed E-state index contributed by atoms with van der Waals surface area (Å²) in [6.07, 6.45) is 0. The zero-order valence-corrected chi connectivity index (χ0v) is 16.7. The van der Waals surface area contributed by atoms with Crippen LogP contribution in [-0.4, -0.2) is 10.9 Å². The number of anilines is 1. The third kappa shape index (κ3) is 4.43. The quantitative estimate of drug-likeness (QED) is 0.560. The molecule has 1 heterocycles. The molecule has 0 aliphatic rings. The molecule has 0 aliphatic heterocycles. The summed E-state index contributed by atoms with van der Waals surface area (Å²) in [5.74, 6) is 6.00. The summed E-state index contributed by atoms with van der Waals surface area (Å²) >= 11 is 7.93. The van der Waals surface area contributed by atoms with Crippen LogP contribution in [0.5, 0.6) is 0 Å². The zero-order chi connectivity index (χ0) is 18.9. The van der Waals surface area contributed by atoms with Crippen LogP contribution in [0.2, 0.25) is 5.02 Å². The molecule has 1 aromatic heterocycles. The van der Waals surface area contributed by atoms with Gasteiger partial charge in [-0.15, -0.1) is 11.3 Å². The van der Waals surface area contributed by atoms with Crippen molar-refractivity contribution in [3.8, 4) is 11.8 Å². The van der Waals surface area contributed by atoms with Crippen LogP contribution in [0.1, 0.15) is 41.7 Å². The Morgan fingerprint density at radius 2 is 1.96 bits per heavy atom. The number of carbonyl (C=O) groups excluding carboxylic acids is 1. The van der Waals surface area contributed by atoms with Crippen molar-refractivity contribution in [1.29, 1.82) is 0 Å². The second-order valence-corrected chi connectivity index (χ2v) is 8.71. The molecule has 0 radical (unpaired) electrons. The average molecular weight is 383 g/mol. The van der Waals surface area contributed by atoms with E-state index >= 15 is 0 Å². The van der Waals surface area contributed by atoms with Crippen molar-refractivity contribution in [3.63, 3.8) is 0 Å². The van der Waals surface area contributed by atoms with E-state index in [0.29, 0.717) is 16.3 Å². The number of nitrogens with zero attached hydrogens (tertiary/aromatic N) is 1. The number of nitrogens with one attached hydrogen (secondary N) is 1. The summed E-state index contributed by atoms with van der Waals surface area (Å²) in [5.41, 5.74) is 2.70. The summed E-state index contributed by atoms with van der Waals surface area (Å²) in [7, 11) is 0. The van der Waals surface area contributed by atoms with Crippen LogP contribution in [-0.2, 0) is 0 Å². The van der Waals surface area contributed by atoms with Crippen molar-refractivity contribution >= 4 is 44.7 Å². The first-order valence-electron chi connectivity index (χ1n) is 8.22. The van der Waals surface area contributed by atoms with E-state index in [1.54, 1.807) is 23.5 Å². The fourth-order valence-electron chi connectivity index (χ4n) is 2.36. The highest BCUT2D eigenvalue weighted by Crippen LogP contribution is 2.25. The van der Waals surface area contributed by atoms with E-state index in [1.165, 1.54) is 0 Å². The minimum Gasteiger partial charge on any atom is -0.322 e. The van der Waals surface area contributed by atoms with Crippen LogP contribution in [0.25, 0.3) is 10.2 Å². The van der Waals surface area contributed by atoms with E-state index in [0.717, 1.165) is 20.8 Å². The molecular weight excluding hydrogens is 364 g/mol. The van der Waals surface area contributed by atoms with E-state index in [9.17, 15) is 4.79 Å². The molecule has 132 valence electrons. The van der Waals surface area contributed by atoms with Gasteiger partial charge in [0, 0.05) is 16.7 Å². The Kier molecular flexibility index (Phi) is 5.04. The molecule has 0 atom stereocenters. The van der Waals surface area contributed by atoms with Crippen molar-refractivity contribution in [2.45, 2.75) is 27.7 Å². The number of halogens is 1. The molecule has 3 rings (SSSR count). The molecule has 0 spiro atoms. The predicted octanol–water partition coefficient (Wildman–Crippen LogP) is 5.91. The Bertz CT molecular complexity index is 1050. The average Bonchev–Trinajstić information content (AvgIpc) is 2.91. The Morgan fingerprint density at radius 1 is 1.19 bits per heavy atom. The van der Waals surface area contributed by atoms with Crippen LogP contribution < -0.4 is 5.32 Å². The molecule has 0 bridgehead atoms. The SMILES string of the molecule is Cc1nc2cc(NC(=O)c3ccc(C#CC(C)(C)C)cc3Cl)ccc2s1. The van der Waals surface area contributed by atoms with E-state index in [4.69, 9.17) is 11.6 Å². The number of fused-ring (bicyclic) bond motifs is 1. The number of aromatic nitrogens is 1. The standard InChI is InChI=1S/C21H19ClN2OS/c1-13-23-18-12-15(6-8-19(18)26-13)24-20(25)16-7-5-14(11-17(16)22)9-10-21(2,3)4/h5-8,11-12H,1-4H3,(H,24,25). The predicted molar refractivity (Wildman–Crippen MR) is 110 cm³/mol. The van der Waals surface area contributed by atoms with Gasteiger partial charge in [-0.25, -0.2) is 4.98 Å². The maximum atomic E-state index is 12.6. The molecule has 3 aromatic rings. The maximum Gasteiger partial charge on any atom is 0.257 e. The number of amides is 1. The Morgan fingerprint density at radius 3 is 2.65 bits per heavy atom. The molecule has 2 aromatic carbocycles. The third-order valence-corrected chi connectivity index (χ3v) is 4.81. The minimum atomic E-state index is -0.253. The largest absolute Gasteiger partial charge is 0.322 e. The Labute approximate surface area is 162 Å². The van der Waals surface area contributed by atoms with Crippen LogP contribution in [0.15, 0.2) is 36.4 Å². The van der Waals surface area contributed by atoms with Gasteiger partial charge in [0.1, 0.15) is 0 Å². The third-order valence-electron chi connectivity index (χ3n) is 3.55. The number of benzene rings is 2. The lowest BCUT2D eigenvalue weighted by Crippen LogP contribution is -2.12. The Hall–Kier alpha value is -2.35. The van der Waals surface area contributed by atoms with Crippen molar-refractivity contribution in [3.05, 3.63) is 57.6 Å². The number of carbonyl (C=O) groups is 1. The molecule has 0 saturated carbocycles. The number of thiazole rings is 1. The van der Waals surface area contributed by atoms with Crippen LogP contribution in [0.4, 0.5) is 5.69 Å². The second kappa shape index (κ2) is 7.11. The first kappa shape index (κ1) is 18.4. The molecule has 3 nitrogen and oxygen atoms in total. The second-order valence-electron chi connectivity index (χ2n) is 7.06. The zero-order valence-electron chi connectivity index (χ0n) is 15.1. The van der Waals surface area contributed by atoms with Gasteiger partial charge in [0.05, 0.1) is 25.8 Å². The van der Waals surface area contributed by atoms with Gasteiger partial charge in [-0.1, -0.05) is 23.4 Å².